The maximum atomic E-state index is 13.1. The van der Waals surface area contributed by atoms with E-state index in [9.17, 15) is 4.79 Å². The van der Waals surface area contributed by atoms with Crippen LogP contribution in [0.15, 0.2) is 54.6 Å². The largest absolute Gasteiger partial charge is 0.438 e. The molecule has 2 aromatic carbocycles. The fourth-order valence-electron chi connectivity index (χ4n) is 4.23. The van der Waals surface area contributed by atoms with Crippen molar-refractivity contribution in [2.45, 2.75) is 50.8 Å². The molecule has 1 amide bonds. The molecular weight excluding hydrogens is 349 g/mol. The summed E-state index contributed by atoms with van der Waals surface area (Å²) >= 11 is 0. The molecule has 0 aliphatic carbocycles. The number of hydrogen-bond acceptors (Lipinski definition) is 3. The predicted molar refractivity (Wildman–Crippen MR) is 112 cm³/mol. The van der Waals surface area contributed by atoms with Crippen LogP contribution < -0.4 is 5.46 Å². The summed E-state index contributed by atoms with van der Waals surface area (Å²) in [6, 6.07) is 18.6. The number of carbonyl (C=O) groups excluding carboxylic acids is 1. The Morgan fingerprint density at radius 3 is 2.39 bits per heavy atom. The topological polar surface area (TPSA) is 42.1 Å². The molecule has 0 bridgehead atoms. The molecule has 3 atom stereocenters. The van der Waals surface area contributed by atoms with Crippen molar-refractivity contribution >= 4 is 18.8 Å². The molecule has 0 N–H and O–H groups in total. The van der Waals surface area contributed by atoms with Crippen molar-refractivity contribution in [1.82, 2.24) is 4.90 Å². The van der Waals surface area contributed by atoms with Crippen LogP contribution in [0.4, 0.5) is 4.79 Å². The third-order valence-corrected chi connectivity index (χ3v) is 6.21. The highest BCUT2D eigenvalue weighted by atomic mass is 16.6. The highest BCUT2D eigenvalue weighted by Gasteiger charge is 2.52. The first kappa shape index (κ1) is 19.1. The van der Waals surface area contributed by atoms with E-state index in [1.165, 1.54) is 5.46 Å². The Kier molecular flexibility index (Phi) is 4.96. The molecule has 5 heteroatoms. The monoisotopic (exact) mass is 377 g/mol. The SMILES string of the molecule is CBc1ccc([C@H](C)N2CC[C@](CC3(C)CO3)(c3ccccc3)OC2=O)cc1. The second-order valence-electron chi connectivity index (χ2n) is 8.36. The van der Waals surface area contributed by atoms with Crippen LogP contribution in [0.25, 0.3) is 0 Å². The number of epoxide rings is 1. The third kappa shape index (κ3) is 3.68. The van der Waals surface area contributed by atoms with Gasteiger partial charge < -0.3 is 14.4 Å². The van der Waals surface area contributed by atoms with E-state index in [-0.39, 0.29) is 17.7 Å². The van der Waals surface area contributed by atoms with E-state index in [1.807, 2.05) is 23.1 Å². The van der Waals surface area contributed by atoms with Crippen molar-refractivity contribution < 1.29 is 14.3 Å². The average Bonchev–Trinajstić information content (AvgIpc) is 3.44. The molecule has 2 aliphatic rings. The summed E-state index contributed by atoms with van der Waals surface area (Å²) in [6.45, 7) is 7.70. The Morgan fingerprint density at radius 2 is 1.82 bits per heavy atom. The molecule has 1 unspecified atom stereocenters. The lowest BCUT2D eigenvalue weighted by atomic mass is 9.73. The summed E-state index contributed by atoms with van der Waals surface area (Å²) in [4.78, 5) is 14.9. The maximum Gasteiger partial charge on any atom is 0.411 e. The van der Waals surface area contributed by atoms with Gasteiger partial charge in [0, 0.05) is 19.4 Å². The van der Waals surface area contributed by atoms with Crippen LogP contribution in [0, 0.1) is 0 Å². The fourth-order valence-corrected chi connectivity index (χ4v) is 4.23. The van der Waals surface area contributed by atoms with Crippen molar-refractivity contribution in [2.75, 3.05) is 13.2 Å². The van der Waals surface area contributed by atoms with Gasteiger partial charge >= 0.3 is 6.09 Å². The highest BCUT2D eigenvalue weighted by molar-refractivity contribution is 6.51. The van der Waals surface area contributed by atoms with Gasteiger partial charge in [-0.1, -0.05) is 66.9 Å². The van der Waals surface area contributed by atoms with E-state index in [4.69, 9.17) is 9.47 Å². The van der Waals surface area contributed by atoms with E-state index in [1.54, 1.807) is 0 Å². The highest BCUT2D eigenvalue weighted by Crippen LogP contribution is 2.46. The van der Waals surface area contributed by atoms with E-state index in [2.05, 4.69) is 57.1 Å². The number of ether oxygens (including phenoxy) is 2. The van der Waals surface area contributed by atoms with Crippen molar-refractivity contribution in [2.24, 2.45) is 0 Å². The zero-order chi connectivity index (χ0) is 19.8. The van der Waals surface area contributed by atoms with Crippen LogP contribution in [0.1, 0.15) is 43.9 Å². The van der Waals surface area contributed by atoms with Crippen molar-refractivity contribution in [3.8, 4) is 0 Å². The number of rotatable bonds is 6. The third-order valence-electron chi connectivity index (χ3n) is 6.21. The Balaban J connectivity index is 1.55. The molecule has 2 heterocycles. The quantitative estimate of drug-likeness (QED) is 0.569. The summed E-state index contributed by atoms with van der Waals surface area (Å²) < 4.78 is 11.8. The fraction of sp³-hybridized carbons (Fsp3) is 0.435. The van der Waals surface area contributed by atoms with Gasteiger partial charge in [0.2, 0.25) is 0 Å². The molecule has 0 radical (unpaired) electrons. The lowest BCUT2D eigenvalue weighted by Crippen LogP contribution is -2.50. The van der Waals surface area contributed by atoms with Gasteiger partial charge in [0.1, 0.15) is 5.60 Å². The van der Waals surface area contributed by atoms with Crippen molar-refractivity contribution in [1.29, 1.82) is 0 Å². The predicted octanol–water partition coefficient (Wildman–Crippen LogP) is 3.77. The summed E-state index contributed by atoms with van der Waals surface area (Å²) in [5.41, 5.74) is 2.68. The van der Waals surface area contributed by atoms with Gasteiger partial charge in [0.05, 0.1) is 18.2 Å². The lowest BCUT2D eigenvalue weighted by Gasteiger charge is -2.44. The zero-order valence-corrected chi connectivity index (χ0v) is 17.0. The summed E-state index contributed by atoms with van der Waals surface area (Å²) in [5.74, 6) is 0. The average molecular weight is 377 g/mol. The standard InChI is InChI=1S/C23H28BNO3/c1-17(18-9-11-20(24-3)12-10-18)25-14-13-23(28-21(25)26,15-22(2)16-27-22)19-7-5-4-6-8-19/h4-12,17,24H,13-16H2,1-3H3/t17-,22?,23-/m0/s1. The second kappa shape index (κ2) is 7.29. The Labute approximate surface area is 168 Å². The molecule has 0 aromatic heterocycles. The van der Waals surface area contributed by atoms with Crippen LogP contribution in [0.5, 0.6) is 0 Å². The van der Waals surface area contributed by atoms with Gasteiger partial charge in [-0.15, -0.1) is 0 Å². The first-order valence-corrected chi connectivity index (χ1v) is 10.2. The Bertz CT molecular complexity index is 835. The minimum absolute atomic E-state index is 0.0139. The van der Waals surface area contributed by atoms with E-state index >= 15 is 0 Å². The van der Waals surface area contributed by atoms with E-state index in [0.717, 1.165) is 31.4 Å². The van der Waals surface area contributed by atoms with Crippen LogP contribution in [-0.2, 0) is 15.1 Å². The minimum Gasteiger partial charge on any atom is -0.438 e. The molecule has 2 fully saturated rings. The van der Waals surface area contributed by atoms with E-state index in [0.29, 0.717) is 13.0 Å². The molecular formula is C23H28BNO3. The molecule has 2 aliphatic heterocycles. The van der Waals surface area contributed by atoms with Crippen molar-refractivity contribution in [3.63, 3.8) is 0 Å². The Morgan fingerprint density at radius 1 is 1.14 bits per heavy atom. The molecule has 28 heavy (non-hydrogen) atoms. The number of benzene rings is 2. The van der Waals surface area contributed by atoms with Crippen LogP contribution in [-0.4, -0.2) is 37.0 Å². The first-order valence-electron chi connectivity index (χ1n) is 10.2. The van der Waals surface area contributed by atoms with Crippen molar-refractivity contribution in [3.05, 3.63) is 65.7 Å². The molecule has 146 valence electrons. The number of nitrogens with zero attached hydrogens (tertiary/aromatic N) is 1. The van der Waals surface area contributed by atoms with Crippen LogP contribution in [0.3, 0.4) is 0 Å². The van der Waals surface area contributed by atoms with Gasteiger partial charge in [0.25, 0.3) is 0 Å². The smallest absolute Gasteiger partial charge is 0.411 e. The summed E-state index contributed by atoms with van der Waals surface area (Å²) in [5, 5.41) is 0. The van der Waals surface area contributed by atoms with Gasteiger partial charge in [-0.3, -0.25) is 0 Å². The molecule has 0 spiro atoms. The number of cyclic esters (lactones) is 1. The second-order valence-corrected chi connectivity index (χ2v) is 8.36. The number of carbonyl (C=O) groups is 1. The maximum absolute atomic E-state index is 13.1. The molecule has 2 aromatic rings. The Hall–Kier alpha value is -2.27. The van der Waals surface area contributed by atoms with Crippen LogP contribution >= 0.6 is 0 Å². The number of hydrogen-bond donors (Lipinski definition) is 0. The van der Waals surface area contributed by atoms with Gasteiger partial charge in [-0.05, 0) is 25.0 Å². The molecule has 4 nitrogen and oxygen atoms in total. The lowest BCUT2D eigenvalue weighted by molar-refractivity contribution is -0.0750. The van der Waals surface area contributed by atoms with Gasteiger partial charge in [0.15, 0.2) is 7.28 Å². The summed E-state index contributed by atoms with van der Waals surface area (Å²) in [7, 11) is 1.01. The van der Waals surface area contributed by atoms with Gasteiger partial charge in [-0.25, -0.2) is 4.79 Å². The summed E-state index contributed by atoms with van der Waals surface area (Å²) in [6.07, 6.45) is 1.22. The number of amides is 1. The van der Waals surface area contributed by atoms with Crippen LogP contribution in [0.2, 0.25) is 6.82 Å². The van der Waals surface area contributed by atoms with E-state index < -0.39 is 5.60 Å². The molecule has 4 rings (SSSR count). The normalized spacial score (nSPS) is 27.8. The molecule has 0 saturated carbocycles. The molecule has 2 saturated heterocycles. The minimum atomic E-state index is -0.619. The van der Waals surface area contributed by atoms with Gasteiger partial charge in [-0.2, -0.15) is 0 Å². The zero-order valence-electron chi connectivity index (χ0n) is 17.0. The first-order chi connectivity index (χ1) is 13.4.